The lowest BCUT2D eigenvalue weighted by molar-refractivity contribution is -0.385. The minimum absolute atomic E-state index is 0.0469. The second kappa shape index (κ2) is 8.05. The highest BCUT2D eigenvalue weighted by atomic mass is 16.6. The Morgan fingerprint density at radius 3 is 2.41 bits per heavy atom. The van der Waals surface area contributed by atoms with Gasteiger partial charge in [0, 0.05) is 19.2 Å². The van der Waals surface area contributed by atoms with Crippen molar-refractivity contribution in [2.24, 2.45) is 0 Å². The lowest BCUT2D eigenvalue weighted by atomic mass is 10.1. The molecular weight excluding hydrogens is 350 g/mol. The van der Waals surface area contributed by atoms with Gasteiger partial charge in [-0.05, 0) is 25.2 Å². The molecule has 8 nitrogen and oxygen atoms in total. The number of carbonyl (C=O) groups is 1. The summed E-state index contributed by atoms with van der Waals surface area (Å²) in [6.07, 6.45) is 0. The second-order valence-electron chi connectivity index (χ2n) is 6.46. The average molecular weight is 371 g/mol. The fourth-order valence-corrected chi connectivity index (χ4v) is 2.91. The third-order valence-electron chi connectivity index (χ3n) is 4.15. The Morgan fingerprint density at radius 1 is 1.15 bits per heavy atom. The average Bonchev–Trinajstić information content (AvgIpc) is 2.65. The summed E-state index contributed by atoms with van der Waals surface area (Å²) in [4.78, 5) is 25.5. The third-order valence-corrected chi connectivity index (χ3v) is 4.15. The van der Waals surface area contributed by atoms with Crippen molar-refractivity contribution in [3.63, 3.8) is 0 Å². The lowest BCUT2D eigenvalue weighted by Crippen LogP contribution is -2.25. The zero-order valence-corrected chi connectivity index (χ0v) is 15.2. The number of fused-ring (bicyclic) bond motifs is 1. The Morgan fingerprint density at radius 2 is 1.78 bits per heavy atom. The van der Waals surface area contributed by atoms with Crippen LogP contribution in [-0.2, 0) is 13.1 Å². The van der Waals surface area contributed by atoms with E-state index in [2.05, 4.69) is 5.32 Å². The Bertz CT molecular complexity index is 866. The number of hydrogen-bond donors (Lipinski definition) is 1. The van der Waals surface area contributed by atoms with Crippen LogP contribution in [0.5, 0.6) is 11.5 Å². The number of nitrogens with one attached hydrogen (secondary N) is 1. The molecule has 27 heavy (non-hydrogen) atoms. The molecule has 2 aromatic carbocycles. The molecule has 1 aliphatic heterocycles. The Hall–Kier alpha value is -3.13. The first-order valence-electron chi connectivity index (χ1n) is 8.53. The molecule has 2 aromatic rings. The predicted octanol–water partition coefficient (Wildman–Crippen LogP) is 2.36. The van der Waals surface area contributed by atoms with Gasteiger partial charge in [-0.3, -0.25) is 14.9 Å². The fraction of sp³-hybridized carbons (Fsp3) is 0.316. The molecular formula is C19H21N3O5. The molecule has 0 atom stereocenters. The van der Waals surface area contributed by atoms with Crippen LogP contribution in [0.25, 0.3) is 0 Å². The summed E-state index contributed by atoms with van der Waals surface area (Å²) in [7, 11) is 3.93. The van der Waals surface area contributed by atoms with Crippen molar-refractivity contribution in [3.05, 3.63) is 63.2 Å². The van der Waals surface area contributed by atoms with Gasteiger partial charge >= 0.3 is 0 Å². The summed E-state index contributed by atoms with van der Waals surface area (Å²) in [5.74, 6) is 0.0872. The van der Waals surface area contributed by atoms with E-state index in [1.54, 1.807) is 0 Å². The molecule has 0 aromatic heterocycles. The van der Waals surface area contributed by atoms with Gasteiger partial charge in [0.1, 0.15) is 18.8 Å². The summed E-state index contributed by atoms with van der Waals surface area (Å²) in [6.45, 7) is 1.66. The monoisotopic (exact) mass is 371 g/mol. The van der Waals surface area contributed by atoms with Gasteiger partial charge in [-0.1, -0.05) is 24.3 Å². The normalized spacial score (nSPS) is 12.7. The molecule has 0 aliphatic carbocycles. The van der Waals surface area contributed by atoms with Crippen LogP contribution in [0.2, 0.25) is 0 Å². The molecule has 0 spiro atoms. The van der Waals surface area contributed by atoms with Crippen LogP contribution in [0.15, 0.2) is 36.4 Å². The summed E-state index contributed by atoms with van der Waals surface area (Å²) in [5, 5.41) is 14.2. The van der Waals surface area contributed by atoms with Gasteiger partial charge in [0.2, 0.25) is 0 Å². The van der Waals surface area contributed by atoms with E-state index in [1.165, 1.54) is 12.1 Å². The summed E-state index contributed by atoms with van der Waals surface area (Å²) < 4.78 is 10.8. The number of nitro groups is 1. The van der Waals surface area contributed by atoms with E-state index in [0.717, 1.165) is 17.7 Å². The van der Waals surface area contributed by atoms with Gasteiger partial charge in [-0.25, -0.2) is 0 Å². The molecule has 0 radical (unpaired) electrons. The zero-order chi connectivity index (χ0) is 19.4. The molecule has 0 bridgehead atoms. The zero-order valence-electron chi connectivity index (χ0n) is 15.2. The molecule has 1 amide bonds. The van der Waals surface area contributed by atoms with Crippen molar-refractivity contribution in [2.45, 2.75) is 13.1 Å². The maximum absolute atomic E-state index is 12.6. The van der Waals surface area contributed by atoms with Gasteiger partial charge in [-0.2, -0.15) is 0 Å². The molecule has 1 aliphatic rings. The van der Waals surface area contributed by atoms with E-state index in [9.17, 15) is 14.9 Å². The number of amides is 1. The van der Waals surface area contributed by atoms with Crippen molar-refractivity contribution >= 4 is 11.6 Å². The lowest BCUT2D eigenvalue weighted by Gasteiger charge is -2.19. The smallest absolute Gasteiger partial charge is 0.286 e. The van der Waals surface area contributed by atoms with Crippen LogP contribution in [0.1, 0.15) is 21.5 Å². The van der Waals surface area contributed by atoms with E-state index < -0.39 is 10.8 Å². The predicted molar refractivity (Wildman–Crippen MR) is 99.1 cm³/mol. The number of carbonyl (C=O) groups excluding carboxylic acids is 1. The van der Waals surface area contributed by atoms with E-state index in [-0.39, 0.29) is 23.5 Å². The van der Waals surface area contributed by atoms with Crippen molar-refractivity contribution in [1.82, 2.24) is 10.2 Å². The minimum Gasteiger partial charge on any atom is -0.486 e. The third kappa shape index (κ3) is 4.35. The van der Waals surface area contributed by atoms with Crippen LogP contribution in [-0.4, -0.2) is 43.0 Å². The maximum Gasteiger partial charge on any atom is 0.286 e. The largest absolute Gasteiger partial charge is 0.486 e. The summed E-state index contributed by atoms with van der Waals surface area (Å²) >= 11 is 0. The highest BCUT2D eigenvalue weighted by Gasteiger charge is 2.26. The van der Waals surface area contributed by atoms with Gasteiger partial charge in [0.15, 0.2) is 11.5 Å². The van der Waals surface area contributed by atoms with Gasteiger partial charge in [0.25, 0.3) is 11.6 Å². The first-order valence-corrected chi connectivity index (χ1v) is 8.53. The minimum atomic E-state index is -0.590. The highest BCUT2D eigenvalue weighted by molar-refractivity contribution is 5.99. The standard InChI is InChI=1S/C19H21N3O5/c1-21(2)12-14-6-4-3-5-13(14)11-20-19(23)15-9-17-18(27-8-7-26-17)10-16(15)22(24)25/h3-6,9-10H,7-8,11-12H2,1-2H3,(H,20,23). The topological polar surface area (TPSA) is 93.9 Å². The van der Waals surface area contributed by atoms with Crippen LogP contribution in [0.3, 0.4) is 0 Å². The van der Waals surface area contributed by atoms with E-state index >= 15 is 0 Å². The second-order valence-corrected chi connectivity index (χ2v) is 6.46. The number of nitro benzene ring substituents is 1. The molecule has 3 rings (SSSR count). The molecule has 0 saturated heterocycles. The van der Waals surface area contributed by atoms with Gasteiger partial charge < -0.3 is 19.7 Å². The SMILES string of the molecule is CN(C)Cc1ccccc1CNC(=O)c1cc2c(cc1[N+](=O)[O-])OCCO2. The number of nitrogens with zero attached hydrogens (tertiary/aromatic N) is 2. The molecule has 142 valence electrons. The first kappa shape index (κ1) is 18.7. The summed E-state index contributed by atoms with van der Waals surface area (Å²) in [5.41, 5.74) is 1.69. The van der Waals surface area contributed by atoms with Gasteiger partial charge in [0.05, 0.1) is 11.0 Å². The molecule has 0 unspecified atom stereocenters. The Labute approximate surface area is 156 Å². The fourth-order valence-electron chi connectivity index (χ4n) is 2.91. The first-order chi connectivity index (χ1) is 13.0. The molecule has 0 saturated carbocycles. The number of rotatable bonds is 6. The van der Waals surface area contributed by atoms with E-state index in [4.69, 9.17) is 9.47 Å². The van der Waals surface area contributed by atoms with Crippen LogP contribution < -0.4 is 14.8 Å². The number of hydrogen-bond acceptors (Lipinski definition) is 6. The Kier molecular flexibility index (Phi) is 5.56. The van der Waals surface area contributed by atoms with Crippen molar-refractivity contribution in [2.75, 3.05) is 27.3 Å². The van der Waals surface area contributed by atoms with E-state index in [0.29, 0.717) is 19.0 Å². The summed E-state index contributed by atoms with van der Waals surface area (Å²) in [6, 6.07) is 10.4. The number of ether oxygens (including phenoxy) is 2. The quantitative estimate of drug-likeness (QED) is 0.619. The van der Waals surface area contributed by atoms with Crippen molar-refractivity contribution in [1.29, 1.82) is 0 Å². The number of benzene rings is 2. The van der Waals surface area contributed by atoms with Gasteiger partial charge in [-0.15, -0.1) is 0 Å². The molecule has 8 heteroatoms. The van der Waals surface area contributed by atoms with Crippen molar-refractivity contribution < 1.29 is 19.2 Å². The van der Waals surface area contributed by atoms with E-state index in [1.807, 2.05) is 43.3 Å². The van der Waals surface area contributed by atoms with Crippen LogP contribution in [0, 0.1) is 10.1 Å². The molecule has 0 fully saturated rings. The highest BCUT2D eigenvalue weighted by Crippen LogP contribution is 2.36. The molecule has 1 N–H and O–H groups in total. The maximum atomic E-state index is 12.6. The van der Waals surface area contributed by atoms with Crippen molar-refractivity contribution in [3.8, 4) is 11.5 Å². The van der Waals surface area contributed by atoms with Crippen LogP contribution >= 0.6 is 0 Å². The molecule has 1 heterocycles. The Balaban J connectivity index is 1.82. The van der Waals surface area contributed by atoms with Crippen LogP contribution in [0.4, 0.5) is 5.69 Å².